The van der Waals surface area contributed by atoms with Gasteiger partial charge in [0.15, 0.2) is 9.84 Å². The average molecular weight is 529 g/mol. The summed E-state index contributed by atoms with van der Waals surface area (Å²) in [5.41, 5.74) is 3.84. The van der Waals surface area contributed by atoms with Crippen LogP contribution in [0.4, 0.5) is 5.69 Å². The van der Waals surface area contributed by atoms with Crippen molar-refractivity contribution >= 4 is 27.3 Å². The van der Waals surface area contributed by atoms with E-state index >= 15 is 0 Å². The Bertz CT molecular complexity index is 1250. The molecule has 0 bridgehead atoms. The van der Waals surface area contributed by atoms with Gasteiger partial charge < -0.3 is 15.1 Å². The molecule has 2 aromatic carbocycles. The molecule has 1 fully saturated rings. The van der Waals surface area contributed by atoms with Gasteiger partial charge in [-0.1, -0.05) is 37.6 Å². The number of anilines is 1. The van der Waals surface area contributed by atoms with Crippen molar-refractivity contribution in [2.24, 2.45) is 5.92 Å². The number of hydrogen-bond donors (Lipinski definition) is 3. The number of hydroxylamine groups is 1. The molecule has 0 aromatic heterocycles. The molecule has 3 N–H and O–H groups in total. The second-order valence-electron chi connectivity index (χ2n) is 10.6. The zero-order chi connectivity index (χ0) is 26.8. The topological polar surface area (TPSA) is 119 Å². The average Bonchev–Trinajstić information content (AvgIpc) is 3.28. The van der Waals surface area contributed by atoms with E-state index in [1.807, 2.05) is 24.3 Å². The van der Waals surface area contributed by atoms with Crippen LogP contribution in [0.15, 0.2) is 53.4 Å². The largest absolute Gasteiger partial charge is 0.365 e. The number of rotatable bonds is 8. The molecule has 0 radical (unpaired) electrons. The van der Waals surface area contributed by atoms with E-state index in [2.05, 4.69) is 22.0 Å². The number of nitrogens with one attached hydrogen (secondary N) is 2. The monoisotopic (exact) mass is 528 g/mol. The zero-order valence-electron chi connectivity index (χ0n) is 21.6. The fourth-order valence-corrected chi connectivity index (χ4v) is 6.84. The van der Waals surface area contributed by atoms with Crippen molar-refractivity contribution in [3.8, 4) is 0 Å². The zero-order valence-corrected chi connectivity index (χ0v) is 22.4. The fourth-order valence-electron chi connectivity index (χ4n) is 5.19. The molecule has 10 heteroatoms. The first-order valence-corrected chi connectivity index (χ1v) is 14.2. The first-order chi connectivity index (χ1) is 17.6. The lowest BCUT2D eigenvalue weighted by Crippen LogP contribution is -2.48. The van der Waals surface area contributed by atoms with E-state index in [0.717, 1.165) is 24.9 Å². The van der Waals surface area contributed by atoms with Gasteiger partial charge in [-0.3, -0.25) is 14.8 Å². The highest BCUT2D eigenvalue weighted by Crippen LogP contribution is 2.39. The number of amides is 2. The summed E-state index contributed by atoms with van der Waals surface area (Å²) in [6, 6.07) is 13.9. The van der Waals surface area contributed by atoms with Crippen LogP contribution in [0.2, 0.25) is 0 Å². The highest BCUT2D eigenvalue weighted by molar-refractivity contribution is 7.93. The summed E-state index contributed by atoms with van der Waals surface area (Å²) < 4.78 is 25.1. The van der Waals surface area contributed by atoms with Gasteiger partial charge in [-0.15, -0.1) is 0 Å². The lowest BCUT2D eigenvalue weighted by atomic mass is 10.0. The molecule has 2 heterocycles. The van der Waals surface area contributed by atoms with E-state index in [9.17, 15) is 18.0 Å². The number of nitrogens with zero attached hydrogens (tertiary/aromatic N) is 2. The number of hydrogen-bond acceptors (Lipinski definition) is 7. The van der Waals surface area contributed by atoms with E-state index in [0.29, 0.717) is 42.3 Å². The summed E-state index contributed by atoms with van der Waals surface area (Å²) in [6.45, 7) is 8.33. The number of benzene rings is 2. The Morgan fingerprint density at radius 1 is 1.08 bits per heavy atom. The Morgan fingerprint density at radius 2 is 1.78 bits per heavy atom. The molecule has 200 valence electrons. The molecule has 2 amide bonds. The van der Waals surface area contributed by atoms with Crippen molar-refractivity contribution in [3.63, 3.8) is 0 Å². The molecule has 2 aliphatic heterocycles. The van der Waals surface area contributed by atoms with Crippen molar-refractivity contribution in [3.05, 3.63) is 59.7 Å². The summed E-state index contributed by atoms with van der Waals surface area (Å²) in [4.78, 5) is 29.7. The van der Waals surface area contributed by atoms with Crippen molar-refractivity contribution in [1.82, 2.24) is 15.7 Å². The second kappa shape index (κ2) is 10.8. The van der Waals surface area contributed by atoms with E-state index in [4.69, 9.17) is 5.21 Å². The molecule has 0 aliphatic carbocycles. The van der Waals surface area contributed by atoms with Crippen molar-refractivity contribution in [2.75, 3.05) is 31.1 Å². The third kappa shape index (κ3) is 5.51. The number of sulfone groups is 1. The Kier molecular flexibility index (Phi) is 7.91. The van der Waals surface area contributed by atoms with Gasteiger partial charge in [0, 0.05) is 31.7 Å². The van der Waals surface area contributed by atoms with E-state index in [1.165, 1.54) is 0 Å². The first-order valence-electron chi connectivity index (χ1n) is 12.7. The lowest BCUT2D eigenvalue weighted by molar-refractivity contribution is -0.133. The van der Waals surface area contributed by atoms with E-state index < -0.39 is 32.5 Å². The summed E-state index contributed by atoms with van der Waals surface area (Å²) in [6.07, 6.45) is 2.03. The van der Waals surface area contributed by atoms with Gasteiger partial charge in [-0.25, -0.2) is 13.9 Å². The minimum absolute atomic E-state index is 0.278. The third-order valence-corrected chi connectivity index (χ3v) is 9.88. The van der Waals surface area contributed by atoms with Gasteiger partial charge in [0.2, 0.25) is 5.91 Å². The Balaban J connectivity index is 1.45. The van der Waals surface area contributed by atoms with Crippen molar-refractivity contribution in [1.29, 1.82) is 0 Å². The minimum atomic E-state index is -3.44. The van der Waals surface area contributed by atoms with E-state index in [-0.39, 0.29) is 5.91 Å². The van der Waals surface area contributed by atoms with Crippen LogP contribution < -0.4 is 15.7 Å². The number of carbonyl (C=O) groups excluding carboxylic acids is 2. The predicted molar refractivity (Wildman–Crippen MR) is 141 cm³/mol. The van der Waals surface area contributed by atoms with Crippen LogP contribution in [0, 0.1) is 5.92 Å². The van der Waals surface area contributed by atoms with Gasteiger partial charge in [0.05, 0.1) is 27.3 Å². The Labute approximate surface area is 218 Å². The van der Waals surface area contributed by atoms with Crippen LogP contribution in [-0.4, -0.2) is 67.3 Å². The Hall–Kier alpha value is -2.95. The SMILES string of the molecule is CCCCN1C[C@H](C(=O)NO)[C@H](NC(=O)c2ccc(CN3CC(C)(C)S(=O)(=O)c4ccccc43)cc2)C1. The van der Waals surface area contributed by atoms with Crippen LogP contribution in [0.1, 0.15) is 49.5 Å². The number of para-hydroxylation sites is 1. The summed E-state index contributed by atoms with van der Waals surface area (Å²) in [5, 5.41) is 12.1. The van der Waals surface area contributed by atoms with Crippen molar-refractivity contribution in [2.45, 2.75) is 55.8 Å². The molecule has 1 saturated heterocycles. The molecular weight excluding hydrogens is 492 g/mol. The van der Waals surface area contributed by atoms with Crippen LogP contribution in [0.5, 0.6) is 0 Å². The van der Waals surface area contributed by atoms with Crippen LogP contribution in [0.3, 0.4) is 0 Å². The van der Waals surface area contributed by atoms with Gasteiger partial charge in [-0.05, 0) is 56.6 Å². The molecule has 9 nitrogen and oxygen atoms in total. The quantitative estimate of drug-likeness (QED) is 0.356. The molecule has 4 rings (SSSR count). The number of likely N-dealkylation sites (tertiary alicyclic amines) is 1. The van der Waals surface area contributed by atoms with Gasteiger partial charge >= 0.3 is 0 Å². The summed E-state index contributed by atoms with van der Waals surface area (Å²) in [7, 11) is -3.44. The lowest BCUT2D eigenvalue weighted by Gasteiger charge is -2.40. The number of fused-ring (bicyclic) bond motifs is 1. The highest BCUT2D eigenvalue weighted by atomic mass is 32.2. The molecule has 0 spiro atoms. The smallest absolute Gasteiger partial charge is 0.251 e. The second-order valence-corrected chi connectivity index (χ2v) is 13.1. The standard InChI is InChI=1S/C27H36N4O5S/c1-4-5-14-30-16-21(26(33)29-34)22(17-30)28-25(32)20-12-10-19(11-13-20)15-31-18-27(2,3)37(35,36)24-9-7-6-8-23(24)31/h6-13,21-22,34H,4-5,14-18H2,1-3H3,(H,28,32)(H,29,33)/t21-,22+/m0/s1. The van der Waals surface area contributed by atoms with Gasteiger partial charge in [0.1, 0.15) is 0 Å². The van der Waals surface area contributed by atoms with Crippen LogP contribution in [-0.2, 0) is 21.2 Å². The number of carbonyl (C=O) groups is 2. The Morgan fingerprint density at radius 3 is 2.46 bits per heavy atom. The van der Waals surface area contributed by atoms with Gasteiger partial charge in [-0.2, -0.15) is 0 Å². The van der Waals surface area contributed by atoms with E-state index in [1.54, 1.807) is 43.6 Å². The fraction of sp³-hybridized carbons (Fsp3) is 0.481. The molecule has 0 saturated carbocycles. The maximum absolute atomic E-state index is 13.0. The third-order valence-electron chi connectivity index (χ3n) is 7.37. The number of unbranched alkanes of at least 4 members (excludes halogenated alkanes) is 1. The minimum Gasteiger partial charge on any atom is -0.365 e. The summed E-state index contributed by atoms with van der Waals surface area (Å²) >= 11 is 0. The molecule has 2 atom stereocenters. The molecule has 2 aromatic rings. The van der Waals surface area contributed by atoms with Gasteiger partial charge in [0.25, 0.3) is 5.91 Å². The maximum Gasteiger partial charge on any atom is 0.251 e. The van der Waals surface area contributed by atoms with Crippen LogP contribution in [0.25, 0.3) is 0 Å². The summed E-state index contributed by atoms with van der Waals surface area (Å²) in [5.74, 6) is -1.30. The normalized spacial score (nSPS) is 22.3. The van der Waals surface area contributed by atoms with Crippen molar-refractivity contribution < 1.29 is 23.2 Å². The molecule has 2 aliphatic rings. The van der Waals surface area contributed by atoms with Crippen LogP contribution >= 0.6 is 0 Å². The maximum atomic E-state index is 13.0. The first kappa shape index (κ1) is 27.1. The highest BCUT2D eigenvalue weighted by Gasteiger charge is 2.43. The molecular formula is C27H36N4O5S. The molecule has 0 unspecified atom stereocenters. The molecule has 37 heavy (non-hydrogen) atoms. The predicted octanol–water partition coefficient (Wildman–Crippen LogP) is 2.59.